The van der Waals surface area contributed by atoms with E-state index < -0.39 is 0 Å². The zero-order chi connectivity index (χ0) is 12.4. The molecule has 0 spiro atoms. The average molecular weight is 267 g/mol. The lowest BCUT2D eigenvalue weighted by atomic mass is 9.98. The van der Waals surface area contributed by atoms with E-state index in [0.29, 0.717) is 6.04 Å². The summed E-state index contributed by atoms with van der Waals surface area (Å²) in [5.41, 5.74) is 0. The summed E-state index contributed by atoms with van der Waals surface area (Å²) in [4.78, 5) is 7.35. The zero-order valence-electron chi connectivity index (χ0n) is 11.4. The molecule has 18 heavy (non-hydrogen) atoms. The second-order valence-electron chi connectivity index (χ2n) is 5.87. The van der Waals surface area contributed by atoms with E-state index in [0.717, 1.165) is 17.8 Å². The summed E-state index contributed by atoms with van der Waals surface area (Å²) >= 11 is 1.98. The van der Waals surface area contributed by atoms with Gasteiger partial charge >= 0.3 is 0 Å². The lowest BCUT2D eigenvalue weighted by molar-refractivity contribution is 0.175. The number of nitrogens with zero attached hydrogens (tertiary/aromatic N) is 2. The molecule has 3 heterocycles. The van der Waals surface area contributed by atoms with E-state index in [1.807, 2.05) is 11.8 Å². The first-order valence-corrected chi connectivity index (χ1v) is 8.45. The van der Waals surface area contributed by atoms with E-state index >= 15 is 0 Å². The lowest BCUT2D eigenvalue weighted by Gasteiger charge is -2.35. The largest absolute Gasteiger partial charge is 0.362 e. The molecule has 0 aromatic heterocycles. The fourth-order valence-electron chi connectivity index (χ4n) is 3.50. The van der Waals surface area contributed by atoms with E-state index in [-0.39, 0.29) is 0 Å². The van der Waals surface area contributed by atoms with Crippen molar-refractivity contribution in [3.05, 3.63) is 0 Å². The molecule has 3 aliphatic heterocycles. The number of fused-ring (bicyclic) bond motifs is 1. The van der Waals surface area contributed by atoms with Gasteiger partial charge in [0.25, 0.3) is 0 Å². The summed E-state index contributed by atoms with van der Waals surface area (Å²) < 4.78 is 0. The molecular weight excluding hydrogens is 242 g/mol. The van der Waals surface area contributed by atoms with Gasteiger partial charge in [0.05, 0.1) is 6.54 Å². The topological polar surface area (TPSA) is 27.6 Å². The highest BCUT2D eigenvalue weighted by Gasteiger charge is 2.32. The van der Waals surface area contributed by atoms with Crippen LogP contribution >= 0.6 is 11.8 Å². The minimum absolute atomic E-state index is 0.677. The number of aliphatic imine (C=N–C) groups is 1. The molecule has 0 amide bonds. The van der Waals surface area contributed by atoms with Crippen LogP contribution in [0.5, 0.6) is 0 Å². The van der Waals surface area contributed by atoms with Crippen molar-refractivity contribution in [2.24, 2.45) is 4.99 Å². The van der Waals surface area contributed by atoms with Gasteiger partial charge < -0.3 is 10.2 Å². The van der Waals surface area contributed by atoms with E-state index in [2.05, 4.69) is 22.1 Å². The summed E-state index contributed by atoms with van der Waals surface area (Å²) in [6, 6.07) is 1.53. The second kappa shape index (κ2) is 5.83. The van der Waals surface area contributed by atoms with Crippen LogP contribution in [0.1, 0.15) is 45.4 Å². The summed E-state index contributed by atoms with van der Waals surface area (Å²) in [5, 5.41) is 5.67. The molecule has 0 aromatic rings. The summed E-state index contributed by atoms with van der Waals surface area (Å²) in [5.74, 6) is 0. The third-order valence-electron chi connectivity index (χ3n) is 4.48. The molecule has 3 unspecified atom stereocenters. The normalized spacial score (nSPS) is 36.5. The van der Waals surface area contributed by atoms with E-state index in [4.69, 9.17) is 0 Å². The molecule has 0 saturated carbocycles. The molecule has 4 heteroatoms. The predicted octanol–water partition coefficient (Wildman–Crippen LogP) is 2.47. The molecule has 0 bridgehead atoms. The van der Waals surface area contributed by atoms with Gasteiger partial charge in [-0.2, -0.15) is 0 Å². The highest BCUT2D eigenvalue weighted by molar-refractivity contribution is 8.14. The van der Waals surface area contributed by atoms with Crippen LogP contribution < -0.4 is 5.32 Å². The van der Waals surface area contributed by atoms with Crippen molar-refractivity contribution in [1.29, 1.82) is 0 Å². The van der Waals surface area contributed by atoms with Gasteiger partial charge in [-0.25, -0.2) is 0 Å². The molecule has 3 atom stereocenters. The van der Waals surface area contributed by atoms with Gasteiger partial charge in [0.1, 0.15) is 0 Å². The molecule has 102 valence electrons. The number of rotatable bonds is 3. The summed E-state index contributed by atoms with van der Waals surface area (Å²) in [7, 11) is 0. The predicted molar refractivity (Wildman–Crippen MR) is 79.3 cm³/mol. The van der Waals surface area contributed by atoms with Crippen molar-refractivity contribution < 1.29 is 0 Å². The maximum Gasteiger partial charge on any atom is 0.157 e. The molecule has 2 fully saturated rings. The van der Waals surface area contributed by atoms with Gasteiger partial charge in [0, 0.05) is 23.9 Å². The summed E-state index contributed by atoms with van der Waals surface area (Å²) in [6.07, 6.45) is 8.04. The van der Waals surface area contributed by atoms with Gasteiger partial charge in [-0.05, 0) is 38.6 Å². The average Bonchev–Trinajstić information content (AvgIpc) is 2.98. The first-order chi connectivity index (χ1) is 8.85. The number of thioether (sulfide) groups is 1. The second-order valence-corrected chi connectivity index (χ2v) is 7.16. The van der Waals surface area contributed by atoms with Gasteiger partial charge in [-0.3, -0.25) is 4.99 Å². The smallest absolute Gasteiger partial charge is 0.157 e. The Labute approximate surface area is 115 Å². The number of piperidine rings is 1. The third-order valence-corrected chi connectivity index (χ3v) is 5.66. The number of hydrogen-bond donors (Lipinski definition) is 1. The third kappa shape index (κ3) is 2.85. The van der Waals surface area contributed by atoms with Crippen LogP contribution in [0.3, 0.4) is 0 Å². The standard InChI is InChI=1S/C14H25N3S/c1-2-4-13-10-15-14(18-13)16-11-6-8-17-7-3-5-12(17)9-11/h11-13H,2-10H2,1H3,(H,15,16). The molecule has 0 radical (unpaired) electrons. The fourth-order valence-corrected chi connectivity index (χ4v) is 4.70. The molecule has 0 aliphatic carbocycles. The van der Waals surface area contributed by atoms with Gasteiger partial charge in [0.15, 0.2) is 5.17 Å². The molecule has 0 aromatic carbocycles. The summed E-state index contributed by atoms with van der Waals surface area (Å²) in [6.45, 7) is 5.93. The van der Waals surface area contributed by atoms with Crippen LogP contribution in [-0.4, -0.2) is 47.0 Å². The van der Waals surface area contributed by atoms with Crippen molar-refractivity contribution in [2.75, 3.05) is 19.6 Å². The maximum absolute atomic E-state index is 4.67. The minimum Gasteiger partial charge on any atom is -0.362 e. The minimum atomic E-state index is 0.677. The van der Waals surface area contributed by atoms with Crippen molar-refractivity contribution in [3.8, 4) is 0 Å². The number of nitrogens with one attached hydrogen (secondary N) is 1. The molecular formula is C14H25N3S. The maximum atomic E-state index is 4.67. The highest BCUT2D eigenvalue weighted by atomic mass is 32.2. The molecule has 3 aliphatic rings. The first-order valence-electron chi connectivity index (χ1n) is 7.57. The van der Waals surface area contributed by atoms with Crippen LogP contribution in [0.2, 0.25) is 0 Å². The Morgan fingerprint density at radius 3 is 3.22 bits per heavy atom. The van der Waals surface area contributed by atoms with Crippen LogP contribution in [-0.2, 0) is 0 Å². The van der Waals surface area contributed by atoms with Crippen LogP contribution in [0.4, 0.5) is 0 Å². The van der Waals surface area contributed by atoms with Crippen LogP contribution in [0, 0.1) is 0 Å². The van der Waals surface area contributed by atoms with Crippen LogP contribution in [0.15, 0.2) is 4.99 Å². The Morgan fingerprint density at radius 1 is 1.39 bits per heavy atom. The first kappa shape index (κ1) is 12.8. The fraction of sp³-hybridized carbons (Fsp3) is 0.929. The lowest BCUT2D eigenvalue weighted by Crippen LogP contribution is -2.46. The van der Waals surface area contributed by atoms with Crippen molar-refractivity contribution >= 4 is 16.9 Å². The van der Waals surface area contributed by atoms with Crippen LogP contribution in [0.25, 0.3) is 0 Å². The van der Waals surface area contributed by atoms with E-state index in [1.54, 1.807) is 0 Å². The molecule has 3 nitrogen and oxygen atoms in total. The Kier molecular flexibility index (Phi) is 4.14. The Hall–Kier alpha value is -0.220. The Balaban J connectivity index is 1.46. The van der Waals surface area contributed by atoms with E-state index in [9.17, 15) is 0 Å². The van der Waals surface area contributed by atoms with Crippen molar-refractivity contribution in [3.63, 3.8) is 0 Å². The number of amidine groups is 1. The van der Waals surface area contributed by atoms with Crippen molar-refractivity contribution in [1.82, 2.24) is 10.2 Å². The Morgan fingerprint density at radius 2 is 2.33 bits per heavy atom. The highest BCUT2D eigenvalue weighted by Crippen LogP contribution is 2.29. The van der Waals surface area contributed by atoms with Gasteiger partial charge in [0.2, 0.25) is 0 Å². The van der Waals surface area contributed by atoms with Gasteiger partial charge in [-0.1, -0.05) is 25.1 Å². The number of hydrogen-bond acceptors (Lipinski definition) is 4. The van der Waals surface area contributed by atoms with Gasteiger partial charge in [-0.15, -0.1) is 0 Å². The molecule has 2 saturated heterocycles. The Bertz CT molecular complexity index is 318. The SMILES string of the molecule is CCCC1CN=C(NC2CCN3CCCC3C2)S1. The zero-order valence-corrected chi connectivity index (χ0v) is 12.2. The molecule has 3 rings (SSSR count). The molecule has 1 N–H and O–H groups in total. The monoisotopic (exact) mass is 267 g/mol. The quantitative estimate of drug-likeness (QED) is 0.851. The van der Waals surface area contributed by atoms with E-state index in [1.165, 1.54) is 56.8 Å². The van der Waals surface area contributed by atoms with Crippen molar-refractivity contribution in [2.45, 2.75) is 62.8 Å².